The number of halogens is 2. The fourth-order valence-electron chi connectivity index (χ4n) is 4.79. The summed E-state index contributed by atoms with van der Waals surface area (Å²) in [6, 6.07) is 4.87. The van der Waals surface area contributed by atoms with Gasteiger partial charge in [-0.3, -0.25) is 13.8 Å². The summed E-state index contributed by atoms with van der Waals surface area (Å²) in [5.74, 6) is -2.53. The Hall–Kier alpha value is -3.37. The van der Waals surface area contributed by atoms with Gasteiger partial charge >= 0.3 is 5.97 Å². The van der Waals surface area contributed by atoms with Crippen molar-refractivity contribution < 1.29 is 35.7 Å². The Labute approximate surface area is 248 Å². The van der Waals surface area contributed by atoms with Crippen LogP contribution in [0, 0.1) is 25.5 Å². The smallest absolute Gasteiger partial charge is 0.308 e. The first-order valence-electron chi connectivity index (χ1n) is 14.0. The summed E-state index contributed by atoms with van der Waals surface area (Å²) < 4.78 is 64.0. The molecule has 0 aromatic heterocycles. The molecule has 0 bridgehead atoms. The number of benzene rings is 2. The number of unbranched alkanes of at least 4 members (excludes halogenated alkanes) is 1. The molecule has 7 nitrogen and oxygen atoms in total. The standard InChI is InChI=1S/C32H41F2NO6S/c1-7-10-12-13-14-23-18-25(33)17-21(4)30(23)24-16-22(5)31(34)26(19-24)27(20-29(36)40-9-3)35-32(37)28(15-11-8-2)41-42(6,38)39/h7-8,10,16-19,27-28H,2,9,11-15,20H2,1,3-6H3,(H,35,37)/t27-,28+/m0/s1. The van der Waals surface area contributed by atoms with Crippen LogP contribution in [0.15, 0.2) is 49.1 Å². The van der Waals surface area contributed by atoms with Crippen LogP contribution in [0.4, 0.5) is 8.78 Å². The molecule has 42 heavy (non-hydrogen) atoms. The zero-order chi connectivity index (χ0) is 31.4. The summed E-state index contributed by atoms with van der Waals surface area (Å²) in [5, 5.41) is 2.62. The molecule has 0 saturated heterocycles. The van der Waals surface area contributed by atoms with E-state index in [0.29, 0.717) is 17.5 Å². The quantitative estimate of drug-likeness (QED) is 0.101. The third-order valence-corrected chi connectivity index (χ3v) is 7.17. The van der Waals surface area contributed by atoms with Crippen molar-refractivity contribution in [1.82, 2.24) is 5.32 Å². The molecule has 0 spiro atoms. The summed E-state index contributed by atoms with van der Waals surface area (Å²) in [4.78, 5) is 25.8. The summed E-state index contributed by atoms with van der Waals surface area (Å²) >= 11 is 0. The lowest BCUT2D eigenvalue weighted by Crippen LogP contribution is -2.40. The van der Waals surface area contributed by atoms with Gasteiger partial charge in [-0.2, -0.15) is 8.42 Å². The third kappa shape index (κ3) is 10.5. The Morgan fingerprint density at radius 1 is 1.10 bits per heavy atom. The summed E-state index contributed by atoms with van der Waals surface area (Å²) in [6.45, 7) is 10.6. The molecule has 230 valence electrons. The van der Waals surface area contributed by atoms with Crippen LogP contribution in [0.3, 0.4) is 0 Å². The van der Waals surface area contributed by atoms with E-state index in [4.69, 9.17) is 8.92 Å². The fraction of sp³-hybridized carbons (Fsp3) is 0.438. The molecule has 0 aliphatic rings. The fourth-order valence-corrected chi connectivity index (χ4v) is 5.39. The van der Waals surface area contributed by atoms with E-state index in [0.717, 1.165) is 30.2 Å². The van der Waals surface area contributed by atoms with E-state index in [2.05, 4.69) is 11.9 Å². The molecule has 10 heteroatoms. The molecule has 1 N–H and O–H groups in total. The number of allylic oxidation sites excluding steroid dienone is 3. The van der Waals surface area contributed by atoms with Crippen LogP contribution in [0.1, 0.15) is 74.2 Å². The summed E-state index contributed by atoms with van der Waals surface area (Å²) in [6.07, 6.45) is 6.95. The molecule has 2 atom stereocenters. The molecule has 0 heterocycles. The molecular weight excluding hydrogens is 564 g/mol. The number of amides is 1. The van der Waals surface area contributed by atoms with E-state index in [1.165, 1.54) is 18.2 Å². The van der Waals surface area contributed by atoms with Gasteiger partial charge in [-0.25, -0.2) is 8.78 Å². The maximum Gasteiger partial charge on any atom is 0.308 e. The minimum absolute atomic E-state index is 0.00142. The lowest BCUT2D eigenvalue weighted by molar-refractivity contribution is -0.144. The first kappa shape index (κ1) is 34.8. The van der Waals surface area contributed by atoms with Crippen LogP contribution in [-0.4, -0.2) is 39.3 Å². The number of rotatable bonds is 16. The van der Waals surface area contributed by atoms with Gasteiger partial charge in [0.05, 0.1) is 25.3 Å². The van der Waals surface area contributed by atoms with Crippen molar-refractivity contribution in [2.45, 2.75) is 78.4 Å². The lowest BCUT2D eigenvalue weighted by atomic mass is 9.88. The number of ether oxygens (including phenoxy) is 1. The van der Waals surface area contributed by atoms with Crippen molar-refractivity contribution in [2.24, 2.45) is 0 Å². The maximum absolute atomic E-state index is 15.8. The van der Waals surface area contributed by atoms with E-state index in [1.807, 2.05) is 19.1 Å². The van der Waals surface area contributed by atoms with Crippen molar-refractivity contribution in [3.63, 3.8) is 0 Å². The Kier molecular flexibility index (Phi) is 13.5. The van der Waals surface area contributed by atoms with Gasteiger partial charge in [-0.15, -0.1) is 6.58 Å². The molecule has 0 fully saturated rings. The molecule has 2 rings (SSSR count). The normalized spacial score (nSPS) is 13.1. The van der Waals surface area contributed by atoms with Gasteiger partial charge in [-0.1, -0.05) is 18.2 Å². The van der Waals surface area contributed by atoms with Crippen LogP contribution < -0.4 is 5.32 Å². The largest absolute Gasteiger partial charge is 0.466 e. The van der Waals surface area contributed by atoms with Gasteiger partial charge in [0, 0.05) is 5.56 Å². The van der Waals surface area contributed by atoms with Crippen molar-refractivity contribution in [3.05, 3.63) is 83.0 Å². The number of hydrogen-bond donors (Lipinski definition) is 1. The Balaban J connectivity index is 2.63. The molecule has 1 amide bonds. The highest BCUT2D eigenvalue weighted by Gasteiger charge is 2.30. The van der Waals surface area contributed by atoms with Gasteiger partial charge in [0.2, 0.25) is 0 Å². The molecule has 2 aromatic carbocycles. The van der Waals surface area contributed by atoms with Gasteiger partial charge in [0.15, 0.2) is 6.10 Å². The predicted molar refractivity (Wildman–Crippen MR) is 160 cm³/mol. The van der Waals surface area contributed by atoms with Crippen LogP contribution in [-0.2, 0) is 35.0 Å². The number of carbonyl (C=O) groups is 2. The van der Waals surface area contributed by atoms with E-state index < -0.39 is 46.4 Å². The monoisotopic (exact) mass is 605 g/mol. The highest BCUT2D eigenvalue weighted by atomic mass is 32.2. The summed E-state index contributed by atoms with van der Waals surface area (Å²) in [7, 11) is -4.01. The van der Waals surface area contributed by atoms with Gasteiger partial charge in [0.1, 0.15) is 11.6 Å². The predicted octanol–water partition coefficient (Wildman–Crippen LogP) is 6.57. The van der Waals surface area contributed by atoms with Crippen LogP contribution in [0.25, 0.3) is 11.1 Å². The molecule has 0 saturated carbocycles. The molecule has 0 aliphatic heterocycles. The molecule has 0 unspecified atom stereocenters. The maximum atomic E-state index is 15.8. The summed E-state index contributed by atoms with van der Waals surface area (Å²) in [5.41, 5.74) is 3.02. The second kappa shape index (κ2) is 16.3. The molecule has 2 aromatic rings. The number of aryl methyl sites for hydroxylation is 3. The average Bonchev–Trinajstić information content (AvgIpc) is 2.89. The van der Waals surface area contributed by atoms with Crippen LogP contribution >= 0.6 is 0 Å². The minimum atomic E-state index is -4.01. The Morgan fingerprint density at radius 3 is 2.43 bits per heavy atom. The van der Waals surface area contributed by atoms with E-state index in [9.17, 15) is 22.4 Å². The minimum Gasteiger partial charge on any atom is -0.466 e. The van der Waals surface area contributed by atoms with Crippen LogP contribution in [0.2, 0.25) is 0 Å². The van der Waals surface area contributed by atoms with Crippen LogP contribution in [0.5, 0.6) is 0 Å². The van der Waals surface area contributed by atoms with Crippen molar-refractivity contribution in [1.29, 1.82) is 0 Å². The molecule has 0 aliphatic carbocycles. The highest BCUT2D eigenvalue weighted by Crippen LogP contribution is 2.35. The van der Waals surface area contributed by atoms with E-state index in [1.54, 1.807) is 32.9 Å². The van der Waals surface area contributed by atoms with Gasteiger partial charge < -0.3 is 10.1 Å². The molecule has 0 radical (unpaired) electrons. The van der Waals surface area contributed by atoms with E-state index in [-0.39, 0.29) is 36.4 Å². The topological polar surface area (TPSA) is 98.8 Å². The Morgan fingerprint density at radius 2 is 1.81 bits per heavy atom. The zero-order valence-electron chi connectivity index (χ0n) is 25.0. The first-order chi connectivity index (χ1) is 19.8. The average molecular weight is 606 g/mol. The van der Waals surface area contributed by atoms with Gasteiger partial charge in [-0.05, 0) is 112 Å². The number of esters is 1. The lowest BCUT2D eigenvalue weighted by Gasteiger charge is -2.24. The Bertz CT molecular complexity index is 1400. The van der Waals surface area contributed by atoms with Crippen molar-refractivity contribution in [3.8, 4) is 11.1 Å². The highest BCUT2D eigenvalue weighted by molar-refractivity contribution is 7.86. The number of nitrogens with one attached hydrogen (secondary N) is 1. The van der Waals surface area contributed by atoms with Crippen molar-refractivity contribution >= 4 is 22.0 Å². The molecular formula is C32H41F2NO6S. The zero-order valence-corrected chi connectivity index (χ0v) is 25.8. The second-order valence-corrected chi connectivity index (χ2v) is 11.7. The van der Waals surface area contributed by atoms with Crippen molar-refractivity contribution in [2.75, 3.05) is 12.9 Å². The second-order valence-electron chi connectivity index (χ2n) is 10.1. The SMILES string of the molecule is C=CCC[C@@H](OS(C)(=O)=O)C(=O)N[C@@H](CC(=O)OCC)c1cc(-c2c(C)cc(F)cc2CCCC=CC)cc(C)c1F. The van der Waals surface area contributed by atoms with E-state index >= 15 is 4.39 Å². The number of carbonyl (C=O) groups excluding carboxylic acids is 2. The van der Waals surface area contributed by atoms with Gasteiger partial charge in [0.25, 0.3) is 16.0 Å². The third-order valence-electron chi connectivity index (χ3n) is 6.59. The first-order valence-corrected chi connectivity index (χ1v) is 15.8. The number of hydrogen-bond acceptors (Lipinski definition) is 6.